The van der Waals surface area contributed by atoms with E-state index in [1.165, 1.54) is 6.33 Å². The van der Waals surface area contributed by atoms with Crippen LogP contribution < -0.4 is 5.32 Å². The van der Waals surface area contributed by atoms with Gasteiger partial charge in [-0.05, 0) is 12.8 Å². The van der Waals surface area contributed by atoms with Crippen LogP contribution in [0.1, 0.15) is 19.8 Å². The van der Waals surface area contributed by atoms with Gasteiger partial charge >= 0.3 is 0 Å². The van der Waals surface area contributed by atoms with E-state index in [9.17, 15) is 0 Å². The highest BCUT2D eigenvalue weighted by atomic mass is 16.5. The van der Waals surface area contributed by atoms with Crippen molar-refractivity contribution in [2.45, 2.75) is 25.9 Å². The van der Waals surface area contributed by atoms with Crippen molar-refractivity contribution < 1.29 is 4.74 Å². The lowest BCUT2D eigenvalue weighted by atomic mass is 10.00. The number of imidazole rings is 1. The molecule has 3 rings (SSSR count). The number of hydrogen-bond acceptors (Lipinski definition) is 5. The van der Waals surface area contributed by atoms with E-state index in [2.05, 4.69) is 32.2 Å². The molecule has 2 unspecified atom stereocenters. The van der Waals surface area contributed by atoms with E-state index in [1.807, 2.05) is 0 Å². The highest BCUT2D eigenvalue weighted by Gasteiger charge is 2.26. The van der Waals surface area contributed by atoms with E-state index in [0.29, 0.717) is 17.7 Å². The Balaban J connectivity index is 1.71. The Labute approximate surface area is 105 Å². The lowest BCUT2D eigenvalue weighted by Crippen LogP contribution is -2.23. The number of aromatic amines is 1. The van der Waals surface area contributed by atoms with Crippen LogP contribution in [0, 0.1) is 5.92 Å². The van der Waals surface area contributed by atoms with Crippen molar-refractivity contribution in [3.05, 3.63) is 12.7 Å². The van der Waals surface area contributed by atoms with Gasteiger partial charge in [0.25, 0.3) is 0 Å². The molecule has 0 bridgehead atoms. The number of fused-ring (bicyclic) bond motifs is 1. The molecule has 0 radical (unpaired) electrons. The van der Waals surface area contributed by atoms with Crippen LogP contribution in [0.2, 0.25) is 0 Å². The molecule has 2 atom stereocenters. The summed E-state index contributed by atoms with van der Waals surface area (Å²) in [6.45, 7) is 3.92. The molecule has 6 nitrogen and oxygen atoms in total. The molecule has 6 heteroatoms. The van der Waals surface area contributed by atoms with Crippen LogP contribution in [0.15, 0.2) is 12.7 Å². The zero-order valence-electron chi connectivity index (χ0n) is 10.4. The molecule has 0 aliphatic carbocycles. The highest BCUT2D eigenvalue weighted by Crippen LogP contribution is 2.24. The molecule has 1 saturated heterocycles. The fourth-order valence-electron chi connectivity index (χ4n) is 2.50. The van der Waals surface area contributed by atoms with Gasteiger partial charge in [0.1, 0.15) is 11.8 Å². The largest absolute Gasteiger partial charge is 0.378 e. The topological polar surface area (TPSA) is 75.7 Å². The van der Waals surface area contributed by atoms with E-state index in [4.69, 9.17) is 4.74 Å². The second-order valence-corrected chi connectivity index (χ2v) is 4.57. The van der Waals surface area contributed by atoms with Gasteiger partial charge in [0, 0.05) is 19.1 Å². The molecule has 0 spiro atoms. The number of rotatable bonds is 4. The molecule has 18 heavy (non-hydrogen) atoms. The van der Waals surface area contributed by atoms with Gasteiger partial charge < -0.3 is 15.0 Å². The molecule has 0 saturated carbocycles. The molecule has 1 aliphatic heterocycles. The van der Waals surface area contributed by atoms with Gasteiger partial charge in [0.15, 0.2) is 11.5 Å². The molecule has 0 amide bonds. The van der Waals surface area contributed by atoms with Crippen LogP contribution in [0.4, 0.5) is 5.82 Å². The maximum Gasteiger partial charge on any atom is 0.182 e. The van der Waals surface area contributed by atoms with Gasteiger partial charge in [-0.3, -0.25) is 0 Å². The first kappa shape index (κ1) is 11.4. The summed E-state index contributed by atoms with van der Waals surface area (Å²) in [7, 11) is 0. The molecule has 2 N–H and O–H groups in total. The summed E-state index contributed by atoms with van der Waals surface area (Å²) < 4.78 is 5.68. The van der Waals surface area contributed by atoms with Crippen molar-refractivity contribution in [2.24, 2.45) is 5.92 Å². The van der Waals surface area contributed by atoms with Crippen molar-refractivity contribution in [2.75, 3.05) is 18.5 Å². The average molecular weight is 247 g/mol. The zero-order chi connectivity index (χ0) is 12.4. The summed E-state index contributed by atoms with van der Waals surface area (Å²) >= 11 is 0. The quantitative estimate of drug-likeness (QED) is 0.858. The third kappa shape index (κ3) is 2.03. The molecule has 2 aromatic heterocycles. The van der Waals surface area contributed by atoms with E-state index in [1.54, 1.807) is 6.33 Å². The Kier molecular flexibility index (Phi) is 3.10. The lowest BCUT2D eigenvalue weighted by molar-refractivity contribution is 0.0900. The minimum absolute atomic E-state index is 0.372. The second-order valence-electron chi connectivity index (χ2n) is 4.57. The van der Waals surface area contributed by atoms with Crippen molar-refractivity contribution in [3.8, 4) is 0 Å². The number of nitrogens with zero attached hydrogens (tertiary/aromatic N) is 3. The number of H-pyrrole nitrogens is 1. The third-order valence-corrected chi connectivity index (χ3v) is 3.50. The first-order chi connectivity index (χ1) is 8.88. The normalized spacial score (nSPS) is 23.6. The first-order valence-electron chi connectivity index (χ1n) is 6.38. The SMILES string of the molecule is CCC1OCCC1CNc1ncnc2nc[nH]c12. The van der Waals surface area contributed by atoms with Crippen molar-refractivity contribution >= 4 is 17.0 Å². The smallest absolute Gasteiger partial charge is 0.182 e. The average Bonchev–Trinajstić information content (AvgIpc) is 3.04. The van der Waals surface area contributed by atoms with Gasteiger partial charge in [-0.2, -0.15) is 0 Å². The maximum atomic E-state index is 5.68. The summed E-state index contributed by atoms with van der Waals surface area (Å²) in [4.78, 5) is 15.5. The third-order valence-electron chi connectivity index (χ3n) is 3.50. The predicted molar refractivity (Wildman–Crippen MR) is 68.3 cm³/mol. The monoisotopic (exact) mass is 247 g/mol. The molecular formula is C12H17N5O. The highest BCUT2D eigenvalue weighted by molar-refractivity contribution is 5.81. The summed E-state index contributed by atoms with van der Waals surface area (Å²) in [6, 6.07) is 0. The summed E-state index contributed by atoms with van der Waals surface area (Å²) in [5.74, 6) is 1.38. The first-order valence-corrected chi connectivity index (χ1v) is 6.38. The Morgan fingerprint density at radius 2 is 2.39 bits per heavy atom. The van der Waals surface area contributed by atoms with Crippen molar-refractivity contribution in [1.29, 1.82) is 0 Å². The van der Waals surface area contributed by atoms with Crippen LogP contribution in [-0.4, -0.2) is 39.2 Å². The lowest BCUT2D eigenvalue weighted by Gasteiger charge is -2.17. The fraction of sp³-hybridized carbons (Fsp3) is 0.583. The standard InChI is InChI=1S/C12H17N5O/c1-2-9-8(3-4-18-9)5-13-11-10-12(15-6-14-10)17-7-16-11/h6-9H,2-5H2,1H3,(H2,13,14,15,16,17). The van der Waals surface area contributed by atoms with Crippen LogP contribution in [0.5, 0.6) is 0 Å². The van der Waals surface area contributed by atoms with E-state index in [-0.39, 0.29) is 0 Å². The van der Waals surface area contributed by atoms with Crippen LogP contribution in [-0.2, 0) is 4.74 Å². The van der Waals surface area contributed by atoms with Crippen LogP contribution in [0.3, 0.4) is 0 Å². The number of hydrogen-bond donors (Lipinski definition) is 2. The van der Waals surface area contributed by atoms with Crippen molar-refractivity contribution in [3.63, 3.8) is 0 Å². The molecule has 2 aromatic rings. The van der Waals surface area contributed by atoms with Gasteiger partial charge in [-0.15, -0.1) is 0 Å². The predicted octanol–water partition coefficient (Wildman–Crippen LogP) is 1.58. The second kappa shape index (κ2) is 4.89. The van der Waals surface area contributed by atoms with E-state index < -0.39 is 0 Å². The van der Waals surface area contributed by atoms with Gasteiger partial charge in [-0.25, -0.2) is 15.0 Å². The summed E-state index contributed by atoms with van der Waals surface area (Å²) in [5.41, 5.74) is 1.56. The Morgan fingerprint density at radius 1 is 1.44 bits per heavy atom. The van der Waals surface area contributed by atoms with Gasteiger partial charge in [0.2, 0.25) is 0 Å². The number of aromatic nitrogens is 4. The van der Waals surface area contributed by atoms with Crippen molar-refractivity contribution in [1.82, 2.24) is 19.9 Å². The molecule has 3 heterocycles. The molecule has 1 aliphatic rings. The summed E-state index contributed by atoms with van der Waals surface area (Å²) in [6.07, 6.45) is 5.72. The van der Waals surface area contributed by atoms with E-state index in [0.717, 1.165) is 37.3 Å². The Morgan fingerprint density at radius 3 is 3.28 bits per heavy atom. The number of ether oxygens (including phenoxy) is 1. The minimum atomic E-state index is 0.372. The molecule has 1 fully saturated rings. The molecule has 0 aromatic carbocycles. The molecular weight excluding hydrogens is 230 g/mol. The Hall–Kier alpha value is -1.69. The number of nitrogens with one attached hydrogen (secondary N) is 2. The number of anilines is 1. The molecule has 96 valence electrons. The fourth-order valence-corrected chi connectivity index (χ4v) is 2.50. The van der Waals surface area contributed by atoms with Crippen LogP contribution in [0.25, 0.3) is 11.2 Å². The minimum Gasteiger partial charge on any atom is -0.378 e. The van der Waals surface area contributed by atoms with Gasteiger partial charge in [0.05, 0.1) is 12.4 Å². The maximum absolute atomic E-state index is 5.68. The summed E-state index contributed by atoms with van der Waals surface area (Å²) in [5, 5.41) is 3.38. The Bertz CT molecular complexity index is 526. The zero-order valence-corrected chi connectivity index (χ0v) is 10.4. The van der Waals surface area contributed by atoms with Gasteiger partial charge in [-0.1, -0.05) is 6.92 Å². The van der Waals surface area contributed by atoms with Crippen LogP contribution >= 0.6 is 0 Å². The van der Waals surface area contributed by atoms with E-state index >= 15 is 0 Å².